The Bertz CT molecular complexity index is 1070. The molecular weight excluding hydrogens is 408 g/mol. The van der Waals surface area contributed by atoms with Gasteiger partial charge in [-0.1, -0.05) is 42.5 Å². The number of aryl methyl sites for hydroxylation is 1. The number of methoxy groups -OCH3 is 1. The van der Waals surface area contributed by atoms with Crippen LogP contribution in [0.1, 0.15) is 11.1 Å². The Balaban J connectivity index is 1.88. The highest BCUT2D eigenvalue weighted by Gasteiger charge is 2.27. The lowest BCUT2D eigenvalue weighted by Gasteiger charge is -2.19. The van der Waals surface area contributed by atoms with E-state index in [-0.39, 0.29) is 10.6 Å². The first-order valence-electron chi connectivity index (χ1n) is 8.94. The third kappa shape index (κ3) is 5.44. The number of sulfonamides is 1. The summed E-state index contributed by atoms with van der Waals surface area (Å²) in [6.45, 7) is 1.90. The van der Waals surface area contributed by atoms with Gasteiger partial charge in [-0.05, 0) is 48.1 Å². The molecule has 0 radical (unpaired) electrons. The molecule has 1 aromatic heterocycles. The van der Waals surface area contributed by atoms with Crippen molar-refractivity contribution in [2.24, 2.45) is 0 Å². The van der Waals surface area contributed by atoms with E-state index >= 15 is 0 Å². The van der Waals surface area contributed by atoms with Gasteiger partial charge < -0.3 is 10.1 Å². The van der Waals surface area contributed by atoms with Crippen LogP contribution in [0.4, 0.5) is 5.69 Å². The molecule has 2 aromatic carbocycles. The summed E-state index contributed by atoms with van der Waals surface area (Å²) in [5.74, 6) is 0.0430. The van der Waals surface area contributed by atoms with Gasteiger partial charge in [0.1, 0.15) is 16.0 Å². The summed E-state index contributed by atoms with van der Waals surface area (Å²) < 4.78 is 33.5. The monoisotopic (exact) mass is 430 g/mol. The predicted octanol–water partition coefficient (Wildman–Crippen LogP) is 3.59. The van der Waals surface area contributed by atoms with Crippen LogP contribution in [-0.4, -0.2) is 27.5 Å². The average Bonchev–Trinajstić information content (AvgIpc) is 3.24. The van der Waals surface area contributed by atoms with Gasteiger partial charge in [-0.2, -0.15) is 4.72 Å². The van der Waals surface area contributed by atoms with Gasteiger partial charge >= 0.3 is 0 Å². The minimum absolute atomic E-state index is 0.163. The normalized spacial score (nSPS) is 12.3. The standard InChI is InChI=1S/C21H22N2O4S2/c1-15-10-11-19(27-2)17(13-15)22-21(24)18(14-16-7-4-3-5-8-16)23-29(25,26)20-9-6-12-28-20/h3-13,18,23H,14H2,1-2H3,(H,22,24). The van der Waals surface area contributed by atoms with E-state index in [0.717, 1.165) is 22.5 Å². The van der Waals surface area contributed by atoms with Gasteiger partial charge in [0, 0.05) is 0 Å². The third-order valence-electron chi connectivity index (χ3n) is 4.27. The highest BCUT2D eigenvalue weighted by molar-refractivity contribution is 7.91. The molecule has 3 aromatic rings. The second-order valence-corrected chi connectivity index (χ2v) is 9.38. The summed E-state index contributed by atoms with van der Waals surface area (Å²) in [6, 6.07) is 16.9. The fourth-order valence-electron chi connectivity index (χ4n) is 2.84. The first-order valence-corrected chi connectivity index (χ1v) is 11.3. The molecule has 1 unspecified atom stereocenters. The van der Waals surface area contributed by atoms with Crippen molar-refractivity contribution < 1.29 is 17.9 Å². The number of thiophene rings is 1. The third-order valence-corrected chi connectivity index (χ3v) is 7.14. The molecule has 0 aliphatic rings. The van der Waals surface area contributed by atoms with Crippen LogP contribution < -0.4 is 14.8 Å². The number of rotatable bonds is 8. The van der Waals surface area contributed by atoms with E-state index in [1.54, 1.807) is 23.6 Å². The average molecular weight is 431 g/mol. The number of benzene rings is 2. The molecule has 2 N–H and O–H groups in total. The summed E-state index contributed by atoms with van der Waals surface area (Å²) >= 11 is 1.10. The zero-order chi connectivity index (χ0) is 20.9. The van der Waals surface area contributed by atoms with Gasteiger partial charge in [-0.25, -0.2) is 8.42 Å². The lowest BCUT2D eigenvalue weighted by atomic mass is 10.1. The number of hydrogen-bond donors (Lipinski definition) is 2. The van der Waals surface area contributed by atoms with Crippen molar-refractivity contribution >= 4 is 33.0 Å². The van der Waals surface area contributed by atoms with E-state index in [1.165, 1.54) is 13.2 Å². The largest absolute Gasteiger partial charge is 0.495 e. The number of ether oxygens (including phenoxy) is 1. The molecule has 3 rings (SSSR count). The summed E-state index contributed by atoms with van der Waals surface area (Å²) in [5, 5.41) is 4.48. The number of hydrogen-bond acceptors (Lipinski definition) is 5. The van der Waals surface area contributed by atoms with Crippen LogP contribution >= 0.6 is 11.3 Å². The number of amides is 1. The number of carbonyl (C=O) groups is 1. The maximum Gasteiger partial charge on any atom is 0.250 e. The molecule has 0 aliphatic heterocycles. The summed E-state index contributed by atoms with van der Waals surface area (Å²) in [4.78, 5) is 13.1. The van der Waals surface area contributed by atoms with E-state index in [4.69, 9.17) is 4.74 Å². The number of carbonyl (C=O) groups excluding carboxylic acids is 1. The molecule has 0 spiro atoms. The Morgan fingerprint density at radius 1 is 1.10 bits per heavy atom. The van der Waals surface area contributed by atoms with Gasteiger partial charge in [0.2, 0.25) is 5.91 Å². The van der Waals surface area contributed by atoms with Gasteiger partial charge in [0.25, 0.3) is 10.0 Å². The zero-order valence-electron chi connectivity index (χ0n) is 16.1. The molecule has 8 heteroatoms. The maximum atomic E-state index is 13.1. The zero-order valence-corrected chi connectivity index (χ0v) is 17.7. The van der Waals surface area contributed by atoms with Crippen LogP contribution in [0.5, 0.6) is 5.75 Å². The predicted molar refractivity (Wildman–Crippen MR) is 115 cm³/mol. The van der Waals surface area contributed by atoms with Crippen LogP contribution in [0.25, 0.3) is 0 Å². The van der Waals surface area contributed by atoms with Crippen molar-refractivity contribution in [1.82, 2.24) is 4.72 Å². The lowest BCUT2D eigenvalue weighted by Crippen LogP contribution is -2.45. The number of nitrogens with one attached hydrogen (secondary N) is 2. The Kier molecular flexibility index (Phi) is 6.68. The van der Waals surface area contributed by atoms with Gasteiger partial charge in [-0.15, -0.1) is 11.3 Å². The Morgan fingerprint density at radius 3 is 2.52 bits per heavy atom. The van der Waals surface area contributed by atoms with Gasteiger partial charge in [0.15, 0.2) is 0 Å². The molecule has 0 aliphatic carbocycles. The fourth-order valence-corrected chi connectivity index (χ4v) is 5.04. The van der Waals surface area contributed by atoms with Gasteiger partial charge in [0.05, 0.1) is 12.8 Å². The fraction of sp³-hybridized carbons (Fsp3) is 0.190. The Labute approximate surface area is 174 Å². The quantitative estimate of drug-likeness (QED) is 0.572. The molecule has 0 fully saturated rings. The van der Waals surface area contributed by atoms with E-state index in [9.17, 15) is 13.2 Å². The van der Waals surface area contributed by atoms with Crippen molar-refractivity contribution in [3.8, 4) is 5.75 Å². The summed E-state index contributed by atoms with van der Waals surface area (Å²) in [5.41, 5.74) is 2.28. The molecule has 152 valence electrons. The lowest BCUT2D eigenvalue weighted by molar-refractivity contribution is -0.117. The molecule has 1 atom stereocenters. The molecule has 0 saturated carbocycles. The minimum atomic E-state index is -3.82. The second kappa shape index (κ2) is 9.21. The van der Waals surface area contributed by atoms with Crippen LogP contribution in [0.3, 0.4) is 0 Å². The summed E-state index contributed by atoms with van der Waals surface area (Å²) in [7, 11) is -2.31. The second-order valence-electron chi connectivity index (χ2n) is 6.49. The van der Waals surface area contributed by atoms with E-state index < -0.39 is 22.0 Å². The van der Waals surface area contributed by atoms with Crippen LogP contribution in [0, 0.1) is 6.92 Å². The molecule has 1 amide bonds. The van der Waals surface area contributed by atoms with E-state index in [1.807, 2.05) is 43.3 Å². The Morgan fingerprint density at radius 2 is 1.86 bits per heavy atom. The van der Waals surface area contributed by atoms with E-state index in [0.29, 0.717) is 11.4 Å². The smallest absolute Gasteiger partial charge is 0.250 e. The highest BCUT2D eigenvalue weighted by Crippen LogP contribution is 2.26. The molecule has 6 nitrogen and oxygen atoms in total. The Hall–Kier alpha value is -2.68. The van der Waals surface area contributed by atoms with Crippen LogP contribution in [-0.2, 0) is 21.2 Å². The van der Waals surface area contributed by atoms with E-state index in [2.05, 4.69) is 10.0 Å². The van der Waals surface area contributed by atoms with Crippen molar-refractivity contribution in [3.05, 3.63) is 77.2 Å². The molecule has 29 heavy (non-hydrogen) atoms. The van der Waals surface area contributed by atoms with Gasteiger partial charge in [-0.3, -0.25) is 4.79 Å². The van der Waals surface area contributed by atoms with Crippen molar-refractivity contribution in [3.63, 3.8) is 0 Å². The highest BCUT2D eigenvalue weighted by atomic mass is 32.2. The molecule has 0 saturated heterocycles. The van der Waals surface area contributed by atoms with Crippen LogP contribution in [0.2, 0.25) is 0 Å². The molecule has 1 heterocycles. The van der Waals surface area contributed by atoms with Crippen molar-refractivity contribution in [1.29, 1.82) is 0 Å². The topological polar surface area (TPSA) is 84.5 Å². The van der Waals surface area contributed by atoms with Crippen molar-refractivity contribution in [2.45, 2.75) is 23.6 Å². The minimum Gasteiger partial charge on any atom is -0.495 e. The first kappa shape index (κ1) is 21.0. The SMILES string of the molecule is COc1ccc(C)cc1NC(=O)C(Cc1ccccc1)NS(=O)(=O)c1cccs1. The molecular formula is C21H22N2O4S2. The van der Waals surface area contributed by atoms with Crippen LogP contribution in [0.15, 0.2) is 70.3 Å². The number of anilines is 1. The summed E-state index contributed by atoms with van der Waals surface area (Å²) in [6.07, 6.45) is 0.214. The molecule has 0 bridgehead atoms. The van der Waals surface area contributed by atoms with Crippen molar-refractivity contribution in [2.75, 3.05) is 12.4 Å². The first-order chi connectivity index (χ1) is 13.9. The maximum absolute atomic E-state index is 13.1.